The molecule has 1 rings (SSSR count). The zero-order valence-electron chi connectivity index (χ0n) is 15.8. The number of nitrogens with one attached hydrogen (secondary N) is 2. The summed E-state index contributed by atoms with van der Waals surface area (Å²) >= 11 is 1.90. The van der Waals surface area contributed by atoms with Crippen molar-refractivity contribution in [1.29, 1.82) is 0 Å². The van der Waals surface area contributed by atoms with Crippen molar-refractivity contribution in [2.75, 3.05) is 45.4 Å². The molecular weight excluding hydrogens is 334 g/mol. The van der Waals surface area contributed by atoms with Crippen molar-refractivity contribution in [3.05, 3.63) is 29.8 Å². The maximum absolute atomic E-state index is 5.71. The van der Waals surface area contributed by atoms with Crippen molar-refractivity contribution in [2.24, 2.45) is 4.99 Å². The minimum Gasteiger partial charge on any atom is -0.497 e. The molecule has 0 spiro atoms. The zero-order valence-corrected chi connectivity index (χ0v) is 16.7. The fourth-order valence-corrected chi connectivity index (χ4v) is 2.68. The summed E-state index contributed by atoms with van der Waals surface area (Å²) in [5, 5.41) is 6.67. The van der Waals surface area contributed by atoms with Crippen molar-refractivity contribution < 1.29 is 9.47 Å². The van der Waals surface area contributed by atoms with Crippen LogP contribution in [0.4, 0.5) is 0 Å². The molecule has 0 aliphatic rings. The molecule has 2 N–H and O–H groups in total. The first-order chi connectivity index (χ1) is 12.3. The standard InChI is InChI=1S/C19H33N3O2S/c1-4-20-19(21-12-5-6-15-25-3)22-13-7-14-24-16-17-8-10-18(23-2)11-9-17/h8-11H,4-7,12-16H2,1-3H3,(H2,20,21,22). The number of methoxy groups -OCH3 is 1. The molecule has 0 aromatic heterocycles. The predicted molar refractivity (Wildman–Crippen MR) is 109 cm³/mol. The summed E-state index contributed by atoms with van der Waals surface area (Å²) in [5.41, 5.74) is 1.16. The lowest BCUT2D eigenvalue weighted by molar-refractivity contribution is 0.120. The number of thioether (sulfide) groups is 1. The van der Waals surface area contributed by atoms with Crippen LogP contribution in [0.1, 0.15) is 31.7 Å². The number of benzene rings is 1. The second kappa shape index (κ2) is 14.9. The van der Waals surface area contributed by atoms with E-state index in [0.29, 0.717) is 13.2 Å². The van der Waals surface area contributed by atoms with Gasteiger partial charge in [0.2, 0.25) is 0 Å². The largest absolute Gasteiger partial charge is 0.497 e. The van der Waals surface area contributed by atoms with Crippen LogP contribution in [0.2, 0.25) is 0 Å². The molecule has 0 amide bonds. The van der Waals surface area contributed by atoms with E-state index in [1.165, 1.54) is 18.6 Å². The first-order valence-electron chi connectivity index (χ1n) is 9.02. The van der Waals surface area contributed by atoms with Gasteiger partial charge in [-0.05, 0) is 55.9 Å². The molecule has 25 heavy (non-hydrogen) atoms. The van der Waals surface area contributed by atoms with E-state index in [1.54, 1.807) is 7.11 Å². The van der Waals surface area contributed by atoms with Crippen LogP contribution in [0, 0.1) is 0 Å². The molecule has 0 atom stereocenters. The van der Waals surface area contributed by atoms with E-state index in [4.69, 9.17) is 9.47 Å². The molecule has 0 radical (unpaired) electrons. The van der Waals surface area contributed by atoms with Crippen molar-refractivity contribution in [1.82, 2.24) is 10.6 Å². The van der Waals surface area contributed by atoms with E-state index in [-0.39, 0.29) is 0 Å². The quantitative estimate of drug-likeness (QED) is 0.318. The third kappa shape index (κ3) is 10.9. The van der Waals surface area contributed by atoms with E-state index in [0.717, 1.165) is 43.3 Å². The topological polar surface area (TPSA) is 54.9 Å². The summed E-state index contributed by atoms with van der Waals surface area (Å²) in [4.78, 5) is 4.59. The highest BCUT2D eigenvalue weighted by Crippen LogP contribution is 2.11. The van der Waals surface area contributed by atoms with Crippen LogP contribution in [-0.4, -0.2) is 51.3 Å². The van der Waals surface area contributed by atoms with Crippen LogP contribution in [0.3, 0.4) is 0 Å². The molecule has 0 bridgehead atoms. The Morgan fingerprint density at radius 3 is 2.60 bits per heavy atom. The van der Waals surface area contributed by atoms with E-state index >= 15 is 0 Å². The van der Waals surface area contributed by atoms with Gasteiger partial charge in [-0.2, -0.15) is 11.8 Å². The molecule has 0 heterocycles. The Morgan fingerprint density at radius 2 is 1.92 bits per heavy atom. The molecule has 0 saturated heterocycles. The fraction of sp³-hybridized carbons (Fsp3) is 0.632. The highest BCUT2D eigenvalue weighted by Gasteiger charge is 1.98. The summed E-state index contributed by atoms with van der Waals surface area (Å²) in [6, 6.07) is 7.97. The average molecular weight is 368 g/mol. The number of rotatable bonds is 13. The number of hydrogen-bond acceptors (Lipinski definition) is 4. The number of aliphatic imine (C=N–C) groups is 1. The summed E-state index contributed by atoms with van der Waals surface area (Å²) in [6.45, 7) is 6.04. The molecule has 0 fully saturated rings. The monoisotopic (exact) mass is 367 g/mol. The van der Waals surface area contributed by atoms with Gasteiger partial charge in [0.25, 0.3) is 0 Å². The van der Waals surface area contributed by atoms with E-state index < -0.39 is 0 Å². The van der Waals surface area contributed by atoms with Gasteiger partial charge >= 0.3 is 0 Å². The number of hydrogen-bond donors (Lipinski definition) is 2. The Kier molecular flexibility index (Phi) is 12.9. The number of ether oxygens (including phenoxy) is 2. The van der Waals surface area contributed by atoms with Gasteiger partial charge < -0.3 is 20.1 Å². The SMILES string of the molecule is CCNC(=NCCCOCc1ccc(OC)cc1)NCCCCSC. The molecule has 0 aliphatic carbocycles. The smallest absolute Gasteiger partial charge is 0.191 e. The molecule has 6 heteroatoms. The third-order valence-electron chi connectivity index (χ3n) is 3.56. The Hall–Kier alpha value is -1.40. The maximum Gasteiger partial charge on any atom is 0.191 e. The lowest BCUT2D eigenvalue weighted by atomic mass is 10.2. The molecule has 5 nitrogen and oxygen atoms in total. The molecule has 0 aliphatic heterocycles. The van der Waals surface area contributed by atoms with E-state index in [2.05, 4.69) is 28.8 Å². The Balaban J connectivity index is 2.15. The second-order valence-electron chi connectivity index (χ2n) is 5.64. The fourth-order valence-electron chi connectivity index (χ4n) is 2.19. The van der Waals surface area contributed by atoms with Crippen molar-refractivity contribution in [2.45, 2.75) is 32.8 Å². The lowest BCUT2D eigenvalue weighted by Gasteiger charge is -2.11. The first kappa shape index (κ1) is 21.6. The van der Waals surface area contributed by atoms with Crippen molar-refractivity contribution in [3.63, 3.8) is 0 Å². The molecule has 142 valence electrons. The normalized spacial score (nSPS) is 11.4. The van der Waals surface area contributed by atoms with E-state index in [1.807, 2.05) is 36.0 Å². The van der Waals surface area contributed by atoms with Gasteiger partial charge in [0.1, 0.15) is 5.75 Å². The lowest BCUT2D eigenvalue weighted by Crippen LogP contribution is -2.37. The van der Waals surface area contributed by atoms with Gasteiger partial charge in [-0.25, -0.2) is 0 Å². The van der Waals surface area contributed by atoms with Gasteiger partial charge in [0, 0.05) is 26.2 Å². The van der Waals surface area contributed by atoms with Gasteiger partial charge in [0.15, 0.2) is 5.96 Å². The highest BCUT2D eigenvalue weighted by molar-refractivity contribution is 7.98. The third-order valence-corrected chi connectivity index (χ3v) is 4.25. The molecule has 0 unspecified atom stereocenters. The zero-order chi connectivity index (χ0) is 18.2. The van der Waals surface area contributed by atoms with E-state index in [9.17, 15) is 0 Å². The maximum atomic E-state index is 5.71. The Morgan fingerprint density at radius 1 is 1.12 bits per heavy atom. The number of nitrogens with zero attached hydrogens (tertiary/aromatic N) is 1. The molecule has 1 aromatic carbocycles. The Bertz CT molecular complexity index is 466. The summed E-state index contributed by atoms with van der Waals surface area (Å²) in [7, 11) is 1.67. The number of unbranched alkanes of at least 4 members (excludes halogenated alkanes) is 1. The Labute approximate surface area is 157 Å². The molecular formula is C19H33N3O2S. The van der Waals surface area contributed by atoms with Crippen molar-refractivity contribution >= 4 is 17.7 Å². The minimum atomic E-state index is 0.626. The summed E-state index contributed by atoms with van der Waals surface area (Å²) in [5.74, 6) is 3.00. The van der Waals surface area contributed by atoms with Gasteiger partial charge in [-0.3, -0.25) is 4.99 Å². The average Bonchev–Trinajstić information content (AvgIpc) is 2.64. The predicted octanol–water partition coefficient (Wildman–Crippen LogP) is 3.30. The second-order valence-corrected chi connectivity index (χ2v) is 6.63. The number of guanidine groups is 1. The van der Waals surface area contributed by atoms with Gasteiger partial charge in [-0.15, -0.1) is 0 Å². The van der Waals surface area contributed by atoms with Crippen LogP contribution in [0.15, 0.2) is 29.3 Å². The van der Waals surface area contributed by atoms with Crippen LogP contribution in [0.25, 0.3) is 0 Å². The minimum absolute atomic E-state index is 0.626. The van der Waals surface area contributed by atoms with Crippen molar-refractivity contribution in [3.8, 4) is 5.75 Å². The van der Waals surface area contributed by atoms with Crippen LogP contribution in [0.5, 0.6) is 5.75 Å². The molecule has 0 saturated carbocycles. The van der Waals surface area contributed by atoms with Crippen LogP contribution in [-0.2, 0) is 11.3 Å². The first-order valence-corrected chi connectivity index (χ1v) is 10.4. The molecule has 1 aromatic rings. The highest BCUT2D eigenvalue weighted by atomic mass is 32.2. The summed E-state index contributed by atoms with van der Waals surface area (Å²) in [6.07, 6.45) is 5.48. The summed E-state index contributed by atoms with van der Waals surface area (Å²) < 4.78 is 10.9. The van der Waals surface area contributed by atoms with Crippen LogP contribution >= 0.6 is 11.8 Å². The van der Waals surface area contributed by atoms with Gasteiger partial charge in [-0.1, -0.05) is 12.1 Å². The van der Waals surface area contributed by atoms with Gasteiger partial charge in [0.05, 0.1) is 13.7 Å². The van der Waals surface area contributed by atoms with Crippen LogP contribution < -0.4 is 15.4 Å².